The fourth-order valence-electron chi connectivity index (χ4n) is 2.84. The zero-order valence-electron chi connectivity index (χ0n) is 15.6. The highest BCUT2D eigenvalue weighted by atomic mass is 79.9. The van der Waals surface area contributed by atoms with Crippen LogP contribution in [0.15, 0.2) is 47.0 Å². The van der Waals surface area contributed by atoms with Gasteiger partial charge in [-0.15, -0.1) is 0 Å². The molecule has 1 aromatic rings. The topological polar surface area (TPSA) is 52.6 Å². The third-order valence-corrected chi connectivity index (χ3v) is 4.74. The van der Waals surface area contributed by atoms with Gasteiger partial charge in [0.15, 0.2) is 0 Å². The number of allylic oxidation sites excluding steroid dienone is 4. The summed E-state index contributed by atoms with van der Waals surface area (Å²) >= 11 is 3.44. The molecule has 1 aromatic carbocycles. The molecule has 5 heteroatoms. The molecule has 26 heavy (non-hydrogen) atoms. The Morgan fingerprint density at radius 1 is 1.23 bits per heavy atom. The second-order valence-electron chi connectivity index (χ2n) is 7.38. The van der Waals surface area contributed by atoms with Gasteiger partial charge in [0.2, 0.25) is 0 Å². The van der Waals surface area contributed by atoms with Crippen LogP contribution in [0, 0.1) is 11.8 Å². The van der Waals surface area contributed by atoms with E-state index in [1.807, 2.05) is 45.1 Å². The van der Waals surface area contributed by atoms with E-state index < -0.39 is 5.60 Å². The molecule has 0 fully saturated rings. The standard InChI is InChI=1S/C21H25BrO4/c1-21(2,3)26-19(23)16-7-5-14(6-8-16)13-18(20(24)25-4)15-9-11-17(22)12-10-15/h5-9,11-12,15,18H,10,13H2,1-4H3. The second-order valence-corrected chi connectivity index (χ2v) is 8.30. The maximum absolute atomic E-state index is 12.3. The van der Waals surface area contributed by atoms with E-state index >= 15 is 0 Å². The minimum Gasteiger partial charge on any atom is -0.469 e. The van der Waals surface area contributed by atoms with Crippen molar-refractivity contribution >= 4 is 27.9 Å². The predicted molar refractivity (Wildman–Crippen MR) is 105 cm³/mol. The van der Waals surface area contributed by atoms with Crippen molar-refractivity contribution in [1.82, 2.24) is 0 Å². The van der Waals surface area contributed by atoms with Crippen LogP contribution in [0.4, 0.5) is 0 Å². The summed E-state index contributed by atoms with van der Waals surface area (Å²) in [4.78, 5) is 24.4. The van der Waals surface area contributed by atoms with Crippen LogP contribution in [-0.2, 0) is 20.7 Å². The molecular weight excluding hydrogens is 396 g/mol. The van der Waals surface area contributed by atoms with Crippen LogP contribution < -0.4 is 0 Å². The van der Waals surface area contributed by atoms with Gasteiger partial charge in [0, 0.05) is 4.48 Å². The molecule has 4 nitrogen and oxygen atoms in total. The van der Waals surface area contributed by atoms with Gasteiger partial charge in [-0.3, -0.25) is 4.79 Å². The van der Waals surface area contributed by atoms with E-state index in [0.29, 0.717) is 12.0 Å². The van der Waals surface area contributed by atoms with Gasteiger partial charge in [0.25, 0.3) is 0 Å². The van der Waals surface area contributed by atoms with E-state index in [1.54, 1.807) is 12.1 Å². The molecule has 1 aliphatic carbocycles. The van der Waals surface area contributed by atoms with Crippen LogP contribution >= 0.6 is 15.9 Å². The summed E-state index contributed by atoms with van der Waals surface area (Å²) in [6.45, 7) is 5.51. The van der Waals surface area contributed by atoms with Gasteiger partial charge in [-0.05, 0) is 57.2 Å². The fourth-order valence-corrected chi connectivity index (χ4v) is 3.18. The summed E-state index contributed by atoms with van der Waals surface area (Å²) in [6.07, 6.45) is 7.41. The quantitative estimate of drug-likeness (QED) is 0.640. The minimum atomic E-state index is -0.527. The maximum atomic E-state index is 12.3. The van der Waals surface area contributed by atoms with Gasteiger partial charge in [-0.1, -0.05) is 46.3 Å². The van der Waals surface area contributed by atoms with E-state index in [1.165, 1.54) is 7.11 Å². The van der Waals surface area contributed by atoms with Gasteiger partial charge in [0.1, 0.15) is 5.60 Å². The van der Waals surface area contributed by atoms with Gasteiger partial charge in [-0.25, -0.2) is 4.79 Å². The predicted octanol–water partition coefficient (Wildman–Crippen LogP) is 4.83. The van der Waals surface area contributed by atoms with Crippen LogP contribution in [0.1, 0.15) is 43.1 Å². The van der Waals surface area contributed by atoms with E-state index in [2.05, 4.69) is 22.0 Å². The van der Waals surface area contributed by atoms with Crippen molar-refractivity contribution < 1.29 is 19.1 Å². The van der Waals surface area contributed by atoms with Gasteiger partial charge in [0.05, 0.1) is 18.6 Å². The van der Waals surface area contributed by atoms with Crippen molar-refractivity contribution in [3.8, 4) is 0 Å². The summed E-state index contributed by atoms with van der Waals surface area (Å²) in [7, 11) is 1.42. The molecule has 0 aromatic heterocycles. The first-order valence-corrected chi connectivity index (χ1v) is 9.43. The summed E-state index contributed by atoms with van der Waals surface area (Å²) in [5, 5.41) is 0. The van der Waals surface area contributed by atoms with Crippen molar-refractivity contribution in [3.63, 3.8) is 0 Å². The first kappa shape index (κ1) is 20.4. The molecule has 0 saturated heterocycles. The Labute approximate surface area is 163 Å². The molecule has 2 rings (SSSR count). The van der Waals surface area contributed by atoms with E-state index in [0.717, 1.165) is 16.5 Å². The van der Waals surface area contributed by atoms with Crippen molar-refractivity contribution in [3.05, 3.63) is 58.1 Å². The SMILES string of the molecule is COC(=O)C(Cc1ccc(C(=O)OC(C)(C)C)cc1)C1C=CC(Br)=CC1. The molecule has 140 valence electrons. The lowest BCUT2D eigenvalue weighted by Crippen LogP contribution is -2.27. The summed E-state index contributed by atoms with van der Waals surface area (Å²) in [6, 6.07) is 7.22. The van der Waals surface area contributed by atoms with Crippen molar-refractivity contribution in [2.24, 2.45) is 11.8 Å². The Balaban J connectivity index is 2.10. The largest absolute Gasteiger partial charge is 0.469 e. The monoisotopic (exact) mass is 420 g/mol. The molecule has 0 amide bonds. The van der Waals surface area contributed by atoms with Gasteiger partial charge >= 0.3 is 11.9 Å². The van der Waals surface area contributed by atoms with Crippen molar-refractivity contribution in [2.45, 2.75) is 39.2 Å². The highest BCUT2D eigenvalue weighted by Gasteiger charge is 2.28. The van der Waals surface area contributed by atoms with Gasteiger partial charge in [-0.2, -0.15) is 0 Å². The van der Waals surface area contributed by atoms with Crippen LogP contribution in [-0.4, -0.2) is 24.6 Å². The van der Waals surface area contributed by atoms with E-state index in [-0.39, 0.29) is 23.8 Å². The van der Waals surface area contributed by atoms with E-state index in [4.69, 9.17) is 9.47 Å². The molecule has 0 spiro atoms. The molecule has 0 bridgehead atoms. The third-order valence-electron chi connectivity index (χ3n) is 4.15. The Hall–Kier alpha value is -1.88. The number of rotatable bonds is 5. The van der Waals surface area contributed by atoms with E-state index in [9.17, 15) is 9.59 Å². The van der Waals surface area contributed by atoms with Crippen molar-refractivity contribution in [2.75, 3.05) is 7.11 Å². The van der Waals surface area contributed by atoms with Crippen LogP contribution in [0.5, 0.6) is 0 Å². The average molecular weight is 421 g/mol. The number of benzene rings is 1. The zero-order valence-corrected chi connectivity index (χ0v) is 17.2. The van der Waals surface area contributed by atoms with Crippen LogP contribution in [0.25, 0.3) is 0 Å². The lowest BCUT2D eigenvalue weighted by molar-refractivity contribution is -0.146. The molecule has 0 N–H and O–H groups in total. The number of methoxy groups -OCH3 is 1. The highest BCUT2D eigenvalue weighted by molar-refractivity contribution is 9.11. The summed E-state index contributed by atoms with van der Waals surface area (Å²) in [5.41, 5.74) is 0.957. The zero-order chi connectivity index (χ0) is 19.3. The maximum Gasteiger partial charge on any atom is 0.338 e. The smallest absolute Gasteiger partial charge is 0.338 e. The molecular formula is C21H25BrO4. The summed E-state index contributed by atoms with van der Waals surface area (Å²) < 4.78 is 11.4. The normalized spacial score (nSPS) is 18.0. The third kappa shape index (κ3) is 5.84. The van der Waals surface area contributed by atoms with Crippen molar-refractivity contribution in [1.29, 1.82) is 0 Å². The molecule has 0 saturated carbocycles. The molecule has 0 heterocycles. The number of carbonyl (C=O) groups excluding carboxylic acids is 2. The number of esters is 2. The summed E-state index contributed by atoms with van der Waals surface area (Å²) in [5.74, 6) is -0.740. The first-order valence-electron chi connectivity index (χ1n) is 8.63. The highest BCUT2D eigenvalue weighted by Crippen LogP contribution is 2.29. The Kier molecular flexibility index (Phi) is 6.81. The molecule has 0 aliphatic heterocycles. The Morgan fingerprint density at radius 2 is 1.88 bits per heavy atom. The minimum absolute atomic E-state index is 0.0919. The second kappa shape index (κ2) is 8.67. The molecule has 2 atom stereocenters. The molecule has 2 unspecified atom stereocenters. The van der Waals surface area contributed by atoms with Crippen LogP contribution in [0.3, 0.4) is 0 Å². The average Bonchev–Trinajstić information content (AvgIpc) is 2.59. The van der Waals surface area contributed by atoms with Crippen LogP contribution in [0.2, 0.25) is 0 Å². The number of halogens is 1. The lowest BCUT2D eigenvalue weighted by Gasteiger charge is -2.24. The number of hydrogen-bond donors (Lipinski definition) is 0. The Morgan fingerprint density at radius 3 is 2.38 bits per heavy atom. The molecule has 0 radical (unpaired) electrons. The first-order chi connectivity index (χ1) is 12.2. The molecule has 1 aliphatic rings. The fraction of sp³-hybridized carbons (Fsp3) is 0.429. The van der Waals surface area contributed by atoms with Gasteiger partial charge < -0.3 is 9.47 Å². The number of ether oxygens (including phenoxy) is 2. The number of hydrogen-bond acceptors (Lipinski definition) is 4. The lowest BCUT2D eigenvalue weighted by atomic mass is 9.83. The Bertz CT molecular complexity index is 711. The number of carbonyl (C=O) groups is 2.